The minimum atomic E-state index is -0.469. The van der Waals surface area contributed by atoms with Crippen molar-refractivity contribution in [3.05, 3.63) is 91.8 Å². The third-order valence-corrected chi connectivity index (χ3v) is 12.1. The third-order valence-electron chi connectivity index (χ3n) is 10.7. The number of benzene rings is 2. The van der Waals surface area contributed by atoms with Crippen LogP contribution in [0.25, 0.3) is 5.00 Å². The molecular weight excluding hydrogens is 743 g/mol. The number of esters is 1. The number of amides is 1. The number of piperazine rings is 1. The van der Waals surface area contributed by atoms with E-state index in [4.69, 9.17) is 27.1 Å². The number of hydrogen-bond donors (Lipinski definition) is 1. The summed E-state index contributed by atoms with van der Waals surface area (Å²) in [4.78, 5) is 39.6. The molecule has 284 valence electrons. The molecule has 3 aliphatic heterocycles. The Kier molecular flexibility index (Phi) is 12.5. The van der Waals surface area contributed by atoms with Crippen LogP contribution in [0.2, 0.25) is 5.02 Å². The molecule has 11 nitrogen and oxygen atoms in total. The molecule has 5 heterocycles. The fraction of sp³-hybridized carbons (Fsp3) is 0.425. The summed E-state index contributed by atoms with van der Waals surface area (Å²) in [6.45, 7) is 12.6. The number of aliphatic imine (C=N–C) groups is 1. The number of carbonyl (C=O) groups is 2. The maximum atomic E-state index is 14.0. The molecular formula is C40H46Cl2N8O3S. The van der Waals surface area contributed by atoms with Gasteiger partial charge in [-0.05, 0) is 75.4 Å². The van der Waals surface area contributed by atoms with Crippen LogP contribution in [0.3, 0.4) is 0 Å². The molecule has 54 heavy (non-hydrogen) atoms. The largest absolute Gasteiger partial charge is 0.465 e. The minimum absolute atomic E-state index is 0. The highest BCUT2D eigenvalue weighted by Gasteiger charge is 2.34. The van der Waals surface area contributed by atoms with Crippen molar-refractivity contribution in [2.24, 2.45) is 16.6 Å². The van der Waals surface area contributed by atoms with Gasteiger partial charge in [-0.15, -0.1) is 33.9 Å². The summed E-state index contributed by atoms with van der Waals surface area (Å²) in [7, 11) is 1.37. The van der Waals surface area contributed by atoms with Gasteiger partial charge in [-0.1, -0.05) is 35.6 Å². The number of piperidine rings is 1. The Balaban J connectivity index is 0.00000497. The van der Waals surface area contributed by atoms with Gasteiger partial charge in [0.1, 0.15) is 16.9 Å². The molecule has 1 atom stereocenters. The molecule has 7 rings (SSSR count). The Hall–Kier alpha value is -4.25. The van der Waals surface area contributed by atoms with E-state index in [-0.39, 0.29) is 31.3 Å². The molecule has 0 radical (unpaired) electrons. The third kappa shape index (κ3) is 8.07. The van der Waals surface area contributed by atoms with Gasteiger partial charge in [0.15, 0.2) is 5.82 Å². The lowest BCUT2D eigenvalue weighted by Gasteiger charge is -2.39. The van der Waals surface area contributed by atoms with Crippen molar-refractivity contribution in [3.63, 3.8) is 0 Å². The Morgan fingerprint density at radius 2 is 1.72 bits per heavy atom. The predicted octanol–water partition coefficient (Wildman–Crippen LogP) is 5.77. The topological polar surface area (TPSA) is 122 Å². The number of nitrogens with zero attached hydrogens (tertiary/aromatic N) is 7. The standard InChI is InChI=1S/C40H45ClN8O3S.ClH/c1-25-26(2)53-39-36(25)37(29-7-9-31(41)10-8-29)43-34(38-45-44-27(3)49(38)39)23-35(50)48-16-13-28(14-17-48)24-46-18-20-47(21-19-46)32-11-12-33(40(51)52-4)30(22-32)6-5-15-42;/h7-12,22,28,34H,13-21,23-24,42H2,1-4H3;1H/t34-;/m0./s1. The molecule has 1 amide bonds. The zero-order chi connectivity index (χ0) is 37.2. The maximum absolute atomic E-state index is 14.0. The predicted molar refractivity (Wildman–Crippen MR) is 217 cm³/mol. The summed E-state index contributed by atoms with van der Waals surface area (Å²) in [6.07, 6.45) is 2.17. The number of methoxy groups -OCH3 is 1. The average molecular weight is 790 g/mol. The zero-order valence-corrected chi connectivity index (χ0v) is 33.5. The molecule has 0 aliphatic carbocycles. The zero-order valence-electron chi connectivity index (χ0n) is 31.1. The van der Waals surface area contributed by atoms with Crippen LogP contribution in [0, 0.1) is 38.5 Å². The van der Waals surface area contributed by atoms with E-state index in [0.29, 0.717) is 27.9 Å². The second-order valence-electron chi connectivity index (χ2n) is 13.9. The molecule has 2 aromatic carbocycles. The van der Waals surface area contributed by atoms with Crippen LogP contribution in [0.5, 0.6) is 0 Å². The molecule has 0 spiro atoms. The summed E-state index contributed by atoms with van der Waals surface area (Å²) >= 11 is 7.98. The van der Waals surface area contributed by atoms with Crippen molar-refractivity contribution < 1.29 is 14.3 Å². The number of nitrogens with two attached hydrogens (primary N) is 1. The number of likely N-dealkylation sites (tertiary alicyclic amines) is 1. The first kappa shape index (κ1) is 39.4. The molecule has 2 N–H and O–H groups in total. The van der Waals surface area contributed by atoms with E-state index in [1.165, 1.54) is 17.6 Å². The highest BCUT2D eigenvalue weighted by Crippen LogP contribution is 2.40. The highest BCUT2D eigenvalue weighted by atomic mass is 35.5. The number of carbonyl (C=O) groups excluding carboxylic acids is 2. The minimum Gasteiger partial charge on any atom is -0.465 e. The van der Waals surface area contributed by atoms with Crippen LogP contribution in [-0.2, 0) is 9.53 Å². The number of fused-ring (bicyclic) bond motifs is 3. The molecule has 0 saturated carbocycles. The summed E-state index contributed by atoms with van der Waals surface area (Å²) in [6, 6.07) is 13.0. The van der Waals surface area contributed by atoms with Crippen molar-refractivity contribution in [3.8, 4) is 16.8 Å². The summed E-state index contributed by atoms with van der Waals surface area (Å²) in [5.41, 5.74) is 11.8. The number of anilines is 1. The molecule has 3 aliphatic rings. The summed E-state index contributed by atoms with van der Waals surface area (Å²) < 4.78 is 7.04. The highest BCUT2D eigenvalue weighted by molar-refractivity contribution is 7.15. The smallest absolute Gasteiger partial charge is 0.339 e. The Labute approximate surface area is 331 Å². The number of aryl methyl sites for hydroxylation is 2. The van der Waals surface area contributed by atoms with Gasteiger partial charge in [-0.25, -0.2) is 4.79 Å². The van der Waals surface area contributed by atoms with Crippen LogP contribution in [0.4, 0.5) is 5.69 Å². The Morgan fingerprint density at radius 3 is 2.41 bits per heavy atom. The number of thiophene rings is 1. The molecule has 14 heteroatoms. The van der Waals surface area contributed by atoms with Gasteiger partial charge in [-0.3, -0.25) is 19.3 Å². The monoisotopic (exact) mass is 788 g/mol. The number of ether oxygens (including phenoxy) is 1. The average Bonchev–Trinajstić information content (AvgIpc) is 3.65. The molecule has 2 fully saturated rings. The SMILES string of the molecule is COC(=O)c1ccc(N2CCN(CC3CCN(C(=O)C[C@@H]4N=C(c5ccc(Cl)cc5)c5c(sc(C)c5C)-n5c(C)nnc54)CC3)CC2)cc1C#CCN.Cl. The van der Waals surface area contributed by atoms with Crippen molar-refractivity contribution in [2.45, 2.75) is 46.1 Å². The van der Waals surface area contributed by atoms with E-state index in [0.717, 1.165) is 92.0 Å². The van der Waals surface area contributed by atoms with E-state index in [1.54, 1.807) is 17.4 Å². The molecule has 0 unspecified atom stereocenters. The van der Waals surface area contributed by atoms with E-state index in [1.807, 2.05) is 48.2 Å². The lowest BCUT2D eigenvalue weighted by molar-refractivity contribution is -0.133. The first-order valence-corrected chi connectivity index (χ1v) is 19.4. The van der Waals surface area contributed by atoms with Gasteiger partial charge >= 0.3 is 5.97 Å². The lowest BCUT2D eigenvalue weighted by Crippen LogP contribution is -2.49. The van der Waals surface area contributed by atoms with Crippen LogP contribution in [0.15, 0.2) is 47.5 Å². The van der Waals surface area contributed by atoms with Crippen molar-refractivity contribution >= 4 is 58.6 Å². The van der Waals surface area contributed by atoms with Crippen molar-refractivity contribution in [2.75, 3.05) is 64.4 Å². The van der Waals surface area contributed by atoms with E-state index >= 15 is 0 Å². The first-order valence-electron chi connectivity index (χ1n) is 18.2. The second kappa shape index (κ2) is 17.0. The second-order valence-corrected chi connectivity index (χ2v) is 15.6. The van der Waals surface area contributed by atoms with Crippen LogP contribution in [-0.4, -0.2) is 102 Å². The van der Waals surface area contributed by atoms with Gasteiger partial charge in [0, 0.05) is 78.1 Å². The normalized spacial score (nSPS) is 17.4. The number of aromatic nitrogens is 3. The van der Waals surface area contributed by atoms with Gasteiger partial charge in [0.2, 0.25) is 5.91 Å². The van der Waals surface area contributed by atoms with E-state index in [9.17, 15) is 9.59 Å². The fourth-order valence-corrected chi connectivity index (χ4v) is 8.95. The van der Waals surface area contributed by atoms with Gasteiger partial charge in [0.05, 0.1) is 31.4 Å². The van der Waals surface area contributed by atoms with Crippen LogP contribution < -0.4 is 10.6 Å². The van der Waals surface area contributed by atoms with Crippen LogP contribution in [0.1, 0.15) is 74.4 Å². The molecule has 0 bridgehead atoms. The lowest BCUT2D eigenvalue weighted by atomic mass is 9.95. The summed E-state index contributed by atoms with van der Waals surface area (Å²) in [5, 5.41) is 10.7. The first-order chi connectivity index (χ1) is 25.6. The summed E-state index contributed by atoms with van der Waals surface area (Å²) in [5.74, 6) is 7.61. The number of rotatable bonds is 7. The van der Waals surface area contributed by atoms with Gasteiger partial charge in [0.25, 0.3) is 0 Å². The number of hydrogen-bond acceptors (Lipinski definition) is 10. The van der Waals surface area contributed by atoms with Gasteiger partial charge < -0.3 is 20.3 Å². The van der Waals surface area contributed by atoms with Gasteiger partial charge in [-0.2, -0.15) is 0 Å². The van der Waals surface area contributed by atoms with Crippen molar-refractivity contribution in [1.29, 1.82) is 0 Å². The molecule has 2 aromatic heterocycles. The molecule has 2 saturated heterocycles. The van der Waals surface area contributed by atoms with Crippen molar-refractivity contribution in [1.82, 2.24) is 24.6 Å². The maximum Gasteiger partial charge on any atom is 0.339 e. The van der Waals surface area contributed by atoms with E-state index in [2.05, 4.69) is 50.3 Å². The quantitative estimate of drug-likeness (QED) is 0.185. The Morgan fingerprint density at radius 1 is 1.00 bits per heavy atom. The van der Waals surface area contributed by atoms with E-state index < -0.39 is 12.0 Å². The fourth-order valence-electron chi connectivity index (χ4n) is 7.61. The molecule has 4 aromatic rings. The van der Waals surface area contributed by atoms with Crippen LogP contribution >= 0.6 is 35.3 Å². The Bertz CT molecular complexity index is 2100. The number of halogens is 2.